The molecule has 0 aliphatic rings. The summed E-state index contributed by atoms with van der Waals surface area (Å²) in [4.78, 5) is 11.0. The first-order chi connectivity index (χ1) is 8.22. The van der Waals surface area contributed by atoms with Crippen LogP contribution < -0.4 is 0 Å². The van der Waals surface area contributed by atoms with Gasteiger partial charge in [0.25, 0.3) is 0 Å². The molecule has 0 aliphatic heterocycles. The fraction of sp³-hybridized carbons (Fsp3) is 0.357. The van der Waals surface area contributed by atoms with Crippen LogP contribution in [-0.2, 0) is 16.0 Å². The lowest BCUT2D eigenvalue weighted by Crippen LogP contribution is -2.07. The first-order valence-electron chi connectivity index (χ1n) is 5.49. The molecule has 0 saturated carbocycles. The SMILES string of the molecule is C#C.CC.CCOC(=O)Cc1ccc(O)cc1. The molecule has 0 spiro atoms. The molecule has 0 aromatic heterocycles. The third-order valence-corrected chi connectivity index (χ3v) is 1.59. The van der Waals surface area contributed by atoms with E-state index in [4.69, 9.17) is 9.84 Å². The van der Waals surface area contributed by atoms with Crippen LogP contribution in [0.15, 0.2) is 24.3 Å². The Labute approximate surface area is 103 Å². The minimum absolute atomic E-state index is 0.201. The van der Waals surface area contributed by atoms with Crippen molar-refractivity contribution in [2.75, 3.05) is 6.61 Å². The number of carbonyl (C=O) groups is 1. The number of hydrogen-bond acceptors (Lipinski definition) is 3. The van der Waals surface area contributed by atoms with Crippen molar-refractivity contribution >= 4 is 5.97 Å². The van der Waals surface area contributed by atoms with Gasteiger partial charge < -0.3 is 9.84 Å². The number of benzene rings is 1. The van der Waals surface area contributed by atoms with E-state index >= 15 is 0 Å². The van der Waals surface area contributed by atoms with Crippen LogP contribution in [0, 0.1) is 12.8 Å². The minimum Gasteiger partial charge on any atom is -0.508 e. The summed E-state index contributed by atoms with van der Waals surface area (Å²) in [5.74, 6) is -0.0409. The second-order valence-corrected chi connectivity index (χ2v) is 2.65. The average Bonchev–Trinajstić information content (AvgIpc) is 2.37. The average molecular weight is 236 g/mol. The molecule has 0 fully saturated rings. The van der Waals surface area contributed by atoms with Gasteiger partial charge in [-0.05, 0) is 24.6 Å². The van der Waals surface area contributed by atoms with Gasteiger partial charge in [-0.25, -0.2) is 0 Å². The third kappa shape index (κ3) is 9.01. The molecule has 1 aromatic rings. The quantitative estimate of drug-likeness (QED) is 0.648. The smallest absolute Gasteiger partial charge is 0.310 e. The van der Waals surface area contributed by atoms with Crippen molar-refractivity contribution in [2.45, 2.75) is 27.2 Å². The standard InChI is InChI=1S/C10H12O3.C2H6.C2H2/c1-2-13-10(12)7-8-3-5-9(11)6-4-8;2*1-2/h3-6,11H,2,7H2,1H3;1-2H3;1-2H. The maximum Gasteiger partial charge on any atom is 0.310 e. The number of phenolic OH excluding ortho intramolecular Hbond substituents is 1. The van der Waals surface area contributed by atoms with Crippen LogP contribution in [0.25, 0.3) is 0 Å². The molecular formula is C14H20O3. The van der Waals surface area contributed by atoms with Crippen molar-refractivity contribution in [3.05, 3.63) is 29.8 Å². The minimum atomic E-state index is -0.242. The Morgan fingerprint density at radius 1 is 1.24 bits per heavy atom. The molecule has 94 valence electrons. The molecule has 17 heavy (non-hydrogen) atoms. The lowest BCUT2D eigenvalue weighted by Gasteiger charge is -2.01. The molecule has 1 aromatic carbocycles. The van der Waals surface area contributed by atoms with E-state index in [1.165, 1.54) is 0 Å². The maximum atomic E-state index is 11.0. The molecule has 0 aliphatic carbocycles. The Bertz CT molecular complexity index is 312. The van der Waals surface area contributed by atoms with Crippen LogP contribution in [0.3, 0.4) is 0 Å². The number of rotatable bonds is 3. The Morgan fingerprint density at radius 2 is 1.71 bits per heavy atom. The topological polar surface area (TPSA) is 46.5 Å². The number of ether oxygens (including phenoxy) is 1. The lowest BCUT2D eigenvalue weighted by molar-refractivity contribution is -0.142. The van der Waals surface area contributed by atoms with E-state index in [9.17, 15) is 4.79 Å². The summed E-state index contributed by atoms with van der Waals surface area (Å²) in [6.45, 7) is 6.17. The zero-order valence-electron chi connectivity index (χ0n) is 10.6. The van der Waals surface area contributed by atoms with Crippen molar-refractivity contribution in [1.82, 2.24) is 0 Å². The zero-order chi connectivity index (χ0) is 13.7. The van der Waals surface area contributed by atoms with Gasteiger partial charge in [0.05, 0.1) is 13.0 Å². The highest BCUT2D eigenvalue weighted by atomic mass is 16.5. The Kier molecular flexibility index (Phi) is 12.4. The number of hydrogen-bond donors (Lipinski definition) is 1. The monoisotopic (exact) mass is 236 g/mol. The molecule has 0 saturated heterocycles. The van der Waals surface area contributed by atoms with Crippen molar-refractivity contribution < 1.29 is 14.6 Å². The molecular weight excluding hydrogens is 216 g/mol. The third-order valence-electron chi connectivity index (χ3n) is 1.59. The highest BCUT2D eigenvalue weighted by Crippen LogP contribution is 2.10. The van der Waals surface area contributed by atoms with E-state index in [2.05, 4.69) is 12.8 Å². The van der Waals surface area contributed by atoms with Gasteiger partial charge in [-0.3, -0.25) is 4.79 Å². The number of phenols is 1. The predicted molar refractivity (Wildman–Crippen MR) is 69.7 cm³/mol. The first-order valence-corrected chi connectivity index (χ1v) is 5.49. The molecule has 0 bridgehead atoms. The molecule has 1 rings (SSSR count). The fourth-order valence-corrected chi connectivity index (χ4v) is 0.992. The van der Waals surface area contributed by atoms with Gasteiger partial charge in [-0.2, -0.15) is 0 Å². The van der Waals surface area contributed by atoms with Crippen LogP contribution in [-0.4, -0.2) is 17.7 Å². The largest absolute Gasteiger partial charge is 0.508 e. The zero-order valence-corrected chi connectivity index (χ0v) is 10.6. The van der Waals surface area contributed by atoms with Crippen LogP contribution in [0.5, 0.6) is 5.75 Å². The summed E-state index contributed by atoms with van der Waals surface area (Å²) >= 11 is 0. The second-order valence-electron chi connectivity index (χ2n) is 2.65. The summed E-state index contributed by atoms with van der Waals surface area (Å²) in [5, 5.41) is 8.98. The van der Waals surface area contributed by atoms with Crippen LogP contribution >= 0.6 is 0 Å². The molecule has 0 heterocycles. The maximum absolute atomic E-state index is 11.0. The summed E-state index contributed by atoms with van der Waals surface area (Å²) in [6, 6.07) is 6.50. The van der Waals surface area contributed by atoms with Crippen LogP contribution in [0.1, 0.15) is 26.3 Å². The Hall–Kier alpha value is -1.95. The molecule has 3 heteroatoms. The summed E-state index contributed by atoms with van der Waals surface area (Å²) in [6.07, 6.45) is 8.26. The fourth-order valence-electron chi connectivity index (χ4n) is 0.992. The number of aromatic hydroxyl groups is 1. The Morgan fingerprint density at radius 3 is 2.12 bits per heavy atom. The predicted octanol–water partition coefficient (Wildman–Crippen LogP) is 2.77. The normalized spacial score (nSPS) is 7.82. The van der Waals surface area contributed by atoms with E-state index in [1.807, 2.05) is 13.8 Å². The van der Waals surface area contributed by atoms with E-state index in [0.29, 0.717) is 6.61 Å². The van der Waals surface area contributed by atoms with Gasteiger partial charge in [0.1, 0.15) is 5.75 Å². The van der Waals surface area contributed by atoms with Gasteiger partial charge in [0.2, 0.25) is 0 Å². The number of terminal acetylenes is 1. The van der Waals surface area contributed by atoms with Crippen molar-refractivity contribution in [3.63, 3.8) is 0 Å². The van der Waals surface area contributed by atoms with Crippen molar-refractivity contribution in [1.29, 1.82) is 0 Å². The Balaban J connectivity index is 0. The second kappa shape index (κ2) is 12.1. The summed E-state index contributed by atoms with van der Waals surface area (Å²) in [5.41, 5.74) is 0.844. The van der Waals surface area contributed by atoms with Gasteiger partial charge in [0, 0.05) is 0 Å². The number of carbonyl (C=O) groups excluding carboxylic acids is 1. The van der Waals surface area contributed by atoms with Gasteiger partial charge in [-0.15, -0.1) is 12.8 Å². The van der Waals surface area contributed by atoms with E-state index in [1.54, 1.807) is 31.2 Å². The van der Waals surface area contributed by atoms with Gasteiger partial charge in [-0.1, -0.05) is 26.0 Å². The molecule has 0 unspecified atom stereocenters. The summed E-state index contributed by atoms with van der Waals surface area (Å²) < 4.78 is 4.77. The van der Waals surface area contributed by atoms with Crippen LogP contribution in [0.4, 0.5) is 0 Å². The lowest BCUT2D eigenvalue weighted by atomic mass is 10.1. The molecule has 3 nitrogen and oxygen atoms in total. The van der Waals surface area contributed by atoms with E-state index in [-0.39, 0.29) is 18.1 Å². The first kappa shape index (κ1) is 17.4. The van der Waals surface area contributed by atoms with Crippen molar-refractivity contribution in [2.24, 2.45) is 0 Å². The van der Waals surface area contributed by atoms with Crippen LogP contribution in [0.2, 0.25) is 0 Å². The van der Waals surface area contributed by atoms with E-state index in [0.717, 1.165) is 5.56 Å². The summed E-state index contributed by atoms with van der Waals surface area (Å²) in [7, 11) is 0. The number of esters is 1. The van der Waals surface area contributed by atoms with Crippen molar-refractivity contribution in [3.8, 4) is 18.6 Å². The molecule has 0 radical (unpaired) electrons. The molecule has 1 N–H and O–H groups in total. The molecule has 0 amide bonds. The van der Waals surface area contributed by atoms with Gasteiger partial charge in [0.15, 0.2) is 0 Å². The highest BCUT2D eigenvalue weighted by molar-refractivity contribution is 5.72. The van der Waals surface area contributed by atoms with Gasteiger partial charge >= 0.3 is 5.97 Å². The highest BCUT2D eigenvalue weighted by Gasteiger charge is 2.02. The van der Waals surface area contributed by atoms with E-state index < -0.39 is 0 Å². The molecule has 0 atom stereocenters.